The molecule has 1 amide bonds. The maximum atomic E-state index is 11.8. The molecule has 0 radical (unpaired) electrons. The summed E-state index contributed by atoms with van der Waals surface area (Å²) in [6, 6.07) is 0. The Balaban J connectivity index is 2.81. The third-order valence-electron chi connectivity index (χ3n) is 2.46. The topological polar surface area (TPSA) is 75.0 Å². The van der Waals surface area contributed by atoms with Gasteiger partial charge in [0, 0.05) is 25.3 Å². The Labute approximate surface area is 83.3 Å². The Morgan fingerprint density at radius 1 is 1.71 bits per heavy atom. The second kappa shape index (κ2) is 3.79. The third-order valence-corrected chi connectivity index (χ3v) is 2.46. The summed E-state index contributed by atoms with van der Waals surface area (Å²) in [5.41, 5.74) is 5.79. The molecule has 14 heavy (non-hydrogen) atoms. The molecule has 0 saturated carbocycles. The number of carbonyl (C=O) groups is 1. The van der Waals surface area contributed by atoms with Crippen molar-refractivity contribution in [3.05, 3.63) is 18.0 Å². The van der Waals surface area contributed by atoms with Gasteiger partial charge in [-0.25, -0.2) is 0 Å². The summed E-state index contributed by atoms with van der Waals surface area (Å²) >= 11 is 0. The van der Waals surface area contributed by atoms with Gasteiger partial charge < -0.3 is 10.6 Å². The van der Waals surface area contributed by atoms with Crippen LogP contribution in [0.4, 0.5) is 0 Å². The molecule has 1 rings (SSSR count). The number of nitrogens with two attached hydrogens (primary N) is 1. The van der Waals surface area contributed by atoms with E-state index in [1.165, 1.54) is 6.20 Å². The van der Waals surface area contributed by atoms with Gasteiger partial charge in [0.1, 0.15) is 0 Å². The maximum Gasteiger partial charge on any atom is 0.257 e. The van der Waals surface area contributed by atoms with E-state index < -0.39 is 0 Å². The van der Waals surface area contributed by atoms with E-state index in [0.717, 1.165) is 0 Å². The van der Waals surface area contributed by atoms with Gasteiger partial charge in [-0.15, -0.1) is 0 Å². The number of rotatable bonds is 3. The largest absolute Gasteiger partial charge is 0.335 e. The first-order chi connectivity index (χ1) is 6.49. The molecule has 0 aromatic carbocycles. The number of carbonyl (C=O) groups excluding carboxylic acids is 1. The van der Waals surface area contributed by atoms with E-state index in [0.29, 0.717) is 12.1 Å². The number of hydrogen-bond acceptors (Lipinski definition) is 3. The van der Waals surface area contributed by atoms with Crippen LogP contribution in [-0.4, -0.2) is 40.1 Å². The lowest BCUT2D eigenvalue weighted by Crippen LogP contribution is -2.49. The van der Waals surface area contributed by atoms with Gasteiger partial charge in [-0.1, -0.05) is 0 Å². The van der Waals surface area contributed by atoms with Crippen LogP contribution < -0.4 is 5.73 Å². The van der Waals surface area contributed by atoms with Gasteiger partial charge in [-0.05, 0) is 13.8 Å². The smallest absolute Gasteiger partial charge is 0.257 e. The molecular formula is C9H16N4O. The fourth-order valence-electron chi connectivity index (χ4n) is 0.973. The van der Waals surface area contributed by atoms with Crippen LogP contribution in [0.15, 0.2) is 12.4 Å². The summed E-state index contributed by atoms with van der Waals surface area (Å²) in [7, 11) is 1.74. The SMILES string of the molecule is CN(C(=O)c1cn[nH]c1)C(C)(C)CN. The number of aromatic amines is 1. The van der Waals surface area contributed by atoms with Crippen LogP contribution in [0.25, 0.3) is 0 Å². The zero-order chi connectivity index (χ0) is 10.8. The van der Waals surface area contributed by atoms with Crippen LogP contribution in [0.5, 0.6) is 0 Å². The average Bonchev–Trinajstić information content (AvgIpc) is 2.68. The zero-order valence-corrected chi connectivity index (χ0v) is 8.74. The molecule has 1 aromatic rings. The lowest BCUT2D eigenvalue weighted by atomic mass is 10.0. The third kappa shape index (κ3) is 1.93. The van der Waals surface area contributed by atoms with Crippen molar-refractivity contribution in [1.29, 1.82) is 0 Å². The van der Waals surface area contributed by atoms with Gasteiger partial charge in [-0.2, -0.15) is 5.10 Å². The molecule has 3 N–H and O–H groups in total. The molecule has 0 spiro atoms. The van der Waals surface area contributed by atoms with Crippen molar-refractivity contribution in [2.75, 3.05) is 13.6 Å². The van der Waals surface area contributed by atoms with E-state index in [-0.39, 0.29) is 11.4 Å². The highest BCUT2D eigenvalue weighted by atomic mass is 16.2. The van der Waals surface area contributed by atoms with Crippen LogP contribution in [0, 0.1) is 0 Å². The molecule has 0 saturated heterocycles. The number of aromatic nitrogens is 2. The summed E-state index contributed by atoms with van der Waals surface area (Å²) in [6.45, 7) is 4.27. The first-order valence-corrected chi connectivity index (χ1v) is 4.46. The van der Waals surface area contributed by atoms with E-state index >= 15 is 0 Å². The number of likely N-dealkylation sites (N-methyl/N-ethyl adjacent to an activating group) is 1. The summed E-state index contributed by atoms with van der Waals surface area (Å²) in [4.78, 5) is 13.4. The summed E-state index contributed by atoms with van der Waals surface area (Å²) in [5.74, 6) is -0.0748. The number of nitrogens with one attached hydrogen (secondary N) is 1. The van der Waals surface area contributed by atoms with E-state index in [1.54, 1.807) is 18.1 Å². The normalized spacial score (nSPS) is 11.4. The molecule has 0 fully saturated rings. The minimum atomic E-state index is -0.339. The highest BCUT2D eigenvalue weighted by Gasteiger charge is 2.27. The molecule has 0 unspecified atom stereocenters. The first kappa shape index (κ1) is 10.7. The van der Waals surface area contributed by atoms with Crippen LogP contribution in [-0.2, 0) is 0 Å². The van der Waals surface area contributed by atoms with Crippen molar-refractivity contribution in [2.24, 2.45) is 5.73 Å². The van der Waals surface area contributed by atoms with Gasteiger partial charge in [0.15, 0.2) is 0 Å². The minimum absolute atomic E-state index is 0.0748. The highest BCUT2D eigenvalue weighted by Crippen LogP contribution is 2.13. The predicted molar refractivity (Wildman–Crippen MR) is 53.8 cm³/mol. The van der Waals surface area contributed by atoms with Crippen molar-refractivity contribution < 1.29 is 4.79 Å². The zero-order valence-electron chi connectivity index (χ0n) is 8.74. The summed E-state index contributed by atoms with van der Waals surface area (Å²) < 4.78 is 0. The van der Waals surface area contributed by atoms with E-state index in [4.69, 9.17) is 5.73 Å². The van der Waals surface area contributed by atoms with Gasteiger partial charge >= 0.3 is 0 Å². The van der Waals surface area contributed by atoms with Crippen molar-refractivity contribution in [2.45, 2.75) is 19.4 Å². The molecule has 0 bridgehead atoms. The number of amides is 1. The fraction of sp³-hybridized carbons (Fsp3) is 0.556. The molecule has 78 valence electrons. The predicted octanol–water partition coefficient (Wildman–Crippen LogP) is 0.219. The fourth-order valence-corrected chi connectivity index (χ4v) is 0.973. The Morgan fingerprint density at radius 2 is 2.36 bits per heavy atom. The molecule has 5 heteroatoms. The van der Waals surface area contributed by atoms with Gasteiger partial charge in [-0.3, -0.25) is 9.89 Å². The van der Waals surface area contributed by atoms with Gasteiger partial charge in [0.2, 0.25) is 0 Å². The van der Waals surface area contributed by atoms with E-state index in [2.05, 4.69) is 10.2 Å². The quantitative estimate of drug-likeness (QED) is 0.726. The molecule has 0 aliphatic carbocycles. The average molecular weight is 196 g/mol. The number of hydrogen-bond donors (Lipinski definition) is 2. The molecule has 1 aromatic heterocycles. The monoisotopic (exact) mass is 196 g/mol. The van der Waals surface area contributed by atoms with Crippen LogP contribution in [0.3, 0.4) is 0 Å². The van der Waals surface area contributed by atoms with Crippen LogP contribution >= 0.6 is 0 Å². The lowest BCUT2D eigenvalue weighted by molar-refractivity contribution is 0.0640. The molecule has 0 aliphatic heterocycles. The Kier molecular flexibility index (Phi) is 2.90. The van der Waals surface area contributed by atoms with E-state index in [9.17, 15) is 4.79 Å². The molecule has 0 atom stereocenters. The highest BCUT2D eigenvalue weighted by molar-refractivity contribution is 5.94. The summed E-state index contributed by atoms with van der Waals surface area (Å²) in [5, 5.41) is 6.34. The standard InChI is InChI=1S/C9H16N4O/c1-9(2,6-10)13(3)8(14)7-4-11-12-5-7/h4-5H,6,10H2,1-3H3,(H,11,12). The van der Waals surface area contributed by atoms with Crippen LogP contribution in [0.1, 0.15) is 24.2 Å². The second-order valence-electron chi connectivity index (χ2n) is 3.87. The maximum absolute atomic E-state index is 11.8. The van der Waals surface area contributed by atoms with Crippen molar-refractivity contribution >= 4 is 5.91 Å². The van der Waals surface area contributed by atoms with Gasteiger partial charge in [0.05, 0.1) is 11.8 Å². The van der Waals surface area contributed by atoms with Crippen molar-refractivity contribution in [1.82, 2.24) is 15.1 Å². The van der Waals surface area contributed by atoms with Crippen molar-refractivity contribution in [3.63, 3.8) is 0 Å². The molecule has 5 nitrogen and oxygen atoms in total. The Morgan fingerprint density at radius 3 is 2.79 bits per heavy atom. The molecule has 0 aliphatic rings. The second-order valence-corrected chi connectivity index (χ2v) is 3.87. The molecular weight excluding hydrogens is 180 g/mol. The first-order valence-electron chi connectivity index (χ1n) is 4.46. The summed E-state index contributed by atoms with van der Waals surface area (Å²) in [6.07, 6.45) is 3.08. The Hall–Kier alpha value is -1.36. The van der Waals surface area contributed by atoms with E-state index in [1.807, 2.05) is 13.8 Å². The molecule has 1 heterocycles. The van der Waals surface area contributed by atoms with Crippen LogP contribution in [0.2, 0.25) is 0 Å². The minimum Gasteiger partial charge on any atom is -0.335 e. The number of H-pyrrole nitrogens is 1. The van der Waals surface area contributed by atoms with Crippen molar-refractivity contribution in [3.8, 4) is 0 Å². The lowest BCUT2D eigenvalue weighted by Gasteiger charge is -2.34. The Bertz CT molecular complexity index is 305. The number of nitrogens with zero attached hydrogens (tertiary/aromatic N) is 2. The van der Waals surface area contributed by atoms with Gasteiger partial charge in [0.25, 0.3) is 5.91 Å².